The molecule has 0 bridgehead atoms. The zero-order chi connectivity index (χ0) is 23.5. The summed E-state index contributed by atoms with van der Waals surface area (Å²) in [4.78, 5) is 25.8. The van der Waals surface area contributed by atoms with Gasteiger partial charge in [0, 0.05) is 25.0 Å². The Morgan fingerprint density at radius 3 is 2.53 bits per heavy atom. The number of carbonyl (C=O) groups excluding carboxylic acids is 2. The maximum atomic E-state index is 12.4. The first-order valence-corrected chi connectivity index (χ1v) is 12.8. The highest BCUT2D eigenvalue weighted by atomic mass is 32.2. The van der Waals surface area contributed by atoms with Gasteiger partial charge in [-0.3, -0.25) is 14.9 Å². The van der Waals surface area contributed by atoms with Crippen LogP contribution >= 0.6 is 0 Å². The number of hydrogen-bond donors (Lipinski definition) is 2. The van der Waals surface area contributed by atoms with Crippen molar-refractivity contribution in [3.05, 3.63) is 29.8 Å². The molecule has 0 radical (unpaired) electrons. The second-order valence-electron chi connectivity index (χ2n) is 8.88. The molecule has 2 amide bonds. The highest BCUT2D eigenvalue weighted by Crippen LogP contribution is 2.34. The molecule has 2 N–H and O–H groups in total. The zero-order valence-corrected chi connectivity index (χ0v) is 19.6. The van der Waals surface area contributed by atoms with Crippen LogP contribution < -0.4 is 10.4 Å². The average Bonchev–Trinajstić information content (AvgIpc) is 3.08. The number of nitrogens with one attached hydrogen (secondary N) is 1. The van der Waals surface area contributed by atoms with E-state index in [-0.39, 0.29) is 13.0 Å². The number of hydroxylamine groups is 1. The molecule has 2 fully saturated rings. The van der Waals surface area contributed by atoms with E-state index < -0.39 is 32.7 Å². The largest absolute Gasteiger partial charge is 0.444 e. The fourth-order valence-corrected chi connectivity index (χ4v) is 5.17. The van der Waals surface area contributed by atoms with Crippen molar-refractivity contribution >= 4 is 27.5 Å². The van der Waals surface area contributed by atoms with Crippen LogP contribution in [0.1, 0.15) is 45.1 Å². The van der Waals surface area contributed by atoms with E-state index in [2.05, 4.69) is 0 Å². The Hall–Kier alpha value is -2.17. The molecular formula is C22H32N2O7S. The molecule has 3 rings (SSSR count). The number of aryl methyl sites for hydroxylation is 1. The molecule has 1 aliphatic heterocycles. The van der Waals surface area contributed by atoms with Crippen LogP contribution in [-0.4, -0.2) is 62.0 Å². The van der Waals surface area contributed by atoms with E-state index in [0.717, 1.165) is 38.5 Å². The van der Waals surface area contributed by atoms with Gasteiger partial charge in [0.05, 0.1) is 12.6 Å². The molecule has 2 aliphatic rings. The lowest BCUT2D eigenvalue weighted by molar-refractivity contribution is -0.132. The SMILES string of the molecule is CCOC1CC(CCc2ccc(N3CC(CC(C)(C(=O)NO)S(C)(=O)=O)OC3=O)cc2)C1. The fraction of sp³-hybridized carbons (Fsp3) is 0.636. The Kier molecular flexibility index (Phi) is 7.46. The van der Waals surface area contributed by atoms with Crippen LogP contribution in [0.4, 0.5) is 10.5 Å². The predicted molar refractivity (Wildman–Crippen MR) is 118 cm³/mol. The van der Waals surface area contributed by atoms with Gasteiger partial charge in [-0.15, -0.1) is 0 Å². The molecule has 0 spiro atoms. The summed E-state index contributed by atoms with van der Waals surface area (Å²) in [6.45, 7) is 4.10. The monoisotopic (exact) mass is 468 g/mol. The highest BCUT2D eigenvalue weighted by Gasteiger charge is 2.48. The van der Waals surface area contributed by atoms with Gasteiger partial charge in [-0.2, -0.15) is 0 Å². The third-order valence-corrected chi connectivity index (χ3v) is 8.56. The van der Waals surface area contributed by atoms with Crippen LogP contribution in [0.2, 0.25) is 0 Å². The molecule has 1 aromatic rings. The van der Waals surface area contributed by atoms with Crippen molar-refractivity contribution in [2.24, 2.45) is 5.92 Å². The predicted octanol–water partition coefficient (Wildman–Crippen LogP) is 2.46. The third-order valence-electron chi connectivity index (χ3n) is 6.58. The number of cyclic esters (lactones) is 1. The normalized spacial score (nSPS) is 25.1. The summed E-state index contributed by atoms with van der Waals surface area (Å²) >= 11 is 0. The molecule has 0 aromatic heterocycles. The summed E-state index contributed by atoms with van der Waals surface area (Å²) in [5, 5.41) is 8.96. The summed E-state index contributed by atoms with van der Waals surface area (Å²) in [7, 11) is -3.88. The summed E-state index contributed by atoms with van der Waals surface area (Å²) in [6, 6.07) is 7.65. The van der Waals surface area contributed by atoms with E-state index in [9.17, 15) is 18.0 Å². The highest BCUT2D eigenvalue weighted by molar-refractivity contribution is 7.92. The van der Waals surface area contributed by atoms with E-state index in [4.69, 9.17) is 14.7 Å². The standard InChI is InChI=1S/C22H32N2O7S/c1-4-30-18-11-16(12-18)6-5-15-7-9-17(10-8-15)24-14-19(31-21(24)26)13-22(2,20(25)23-27)32(3,28)29/h7-10,16,18-19,27H,4-6,11-14H2,1-3H3,(H,23,25). The Balaban J connectivity index is 1.57. The van der Waals surface area contributed by atoms with E-state index >= 15 is 0 Å². The Bertz CT molecular complexity index is 928. The number of carbonyl (C=O) groups is 2. The number of benzene rings is 1. The van der Waals surface area contributed by atoms with Gasteiger partial charge < -0.3 is 9.47 Å². The van der Waals surface area contributed by atoms with Crippen molar-refractivity contribution < 1.29 is 32.7 Å². The van der Waals surface area contributed by atoms with Crippen molar-refractivity contribution in [2.75, 3.05) is 24.3 Å². The minimum atomic E-state index is -3.88. The van der Waals surface area contributed by atoms with E-state index in [1.54, 1.807) is 0 Å². The Morgan fingerprint density at radius 1 is 1.31 bits per heavy atom. The summed E-state index contributed by atoms with van der Waals surface area (Å²) in [5.74, 6) is -0.362. The van der Waals surface area contributed by atoms with Crippen molar-refractivity contribution in [2.45, 2.75) is 62.9 Å². The topological polar surface area (TPSA) is 122 Å². The molecular weight excluding hydrogens is 436 g/mol. The lowest BCUT2D eigenvalue weighted by atomic mass is 9.78. The molecule has 2 unspecified atom stereocenters. The molecule has 178 valence electrons. The van der Waals surface area contributed by atoms with Gasteiger partial charge in [-0.1, -0.05) is 12.1 Å². The maximum Gasteiger partial charge on any atom is 0.414 e. The fourth-order valence-electron chi connectivity index (χ4n) is 4.30. The minimum Gasteiger partial charge on any atom is -0.444 e. The van der Waals surface area contributed by atoms with Crippen molar-refractivity contribution in [1.29, 1.82) is 0 Å². The first-order chi connectivity index (χ1) is 15.1. The summed E-state index contributed by atoms with van der Waals surface area (Å²) in [5.41, 5.74) is 3.23. The van der Waals surface area contributed by atoms with Gasteiger partial charge in [0.25, 0.3) is 5.91 Å². The quantitative estimate of drug-likeness (QED) is 0.399. The van der Waals surface area contributed by atoms with Crippen LogP contribution in [0, 0.1) is 5.92 Å². The number of rotatable bonds is 10. The second kappa shape index (κ2) is 9.76. The molecule has 9 nitrogen and oxygen atoms in total. The average molecular weight is 469 g/mol. The number of nitrogens with zero attached hydrogens (tertiary/aromatic N) is 1. The summed E-state index contributed by atoms with van der Waals surface area (Å²) < 4.78 is 33.3. The molecule has 2 atom stereocenters. The van der Waals surface area contributed by atoms with Crippen LogP contribution in [-0.2, 0) is 30.5 Å². The number of ether oxygens (including phenoxy) is 2. The first kappa shape index (κ1) is 24.5. The van der Waals surface area contributed by atoms with Crippen LogP contribution in [0.15, 0.2) is 24.3 Å². The van der Waals surface area contributed by atoms with E-state index in [1.807, 2.05) is 31.2 Å². The molecule has 1 aromatic carbocycles. The van der Waals surface area contributed by atoms with Crippen molar-refractivity contribution in [3.8, 4) is 0 Å². The molecule has 32 heavy (non-hydrogen) atoms. The van der Waals surface area contributed by atoms with Gasteiger partial charge >= 0.3 is 6.09 Å². The molecule has 10 heteroatoms. The van der Waals surface area contributed by atoms with Crippen LogP contribution in [0.25, 0.3) is 0 Å². The molecule has 1 saturated heterocycles. The lowest BCUT2D eigenvalue weighted by Gasteiger charge is -2.35. The summed E-state index contributed by atoms with van der Waals surface area (Å²) in [6.07, 6.45) is 3.96. The van der Waals surface area contributed by atoms with Gasteiger partial charge in [-0.05, 0) is 63.1 Å². The van der Waals surface area contributed by atoms with Gasteiger partial charge in [-0.25, -0.2) is 18.7 Å². The minimum absolute atomic E-state index is 0.114. The number of sulfone groups is 1. The number of anilines is 1. The van der Waals surface area contributed by atoms with E-state index in [0.29, 0.717) is 17.7 Å². The zero-order valence-electron chi connectivity index (χ0n) is 18.7. The number of amides is 2. The van der Waals surface area contributed by atoms with Gasteiger partial charge in [0.2, 0.25) is 0 Å². The maximum absolute atomic E-state index is 12.4. The van der Waals surface area contributed by atoms with Gasteiger partial charge in [0.15, 0.2) is 14.6 Å². The van der Waals surface area contributed by atoms with Gasteiger partial charge in [0.1, 0.15) is 6.10 Å². The van der Waals surface area contributed by atoms with Crippen LogP contribution in [0.3, 0.4) is 0 Å². The van der Waals surface area contributed by atoms with Crippen molar-refractivity contribution in [3.63, 3.8) is 0 Å². The second-order valence-corrected chi connectivity index (χ2v) is 11.3. The molecule has 1 aliphatic carbocycles. The van der Waals surface area contributed by atoms with Crippen molar-refractivity contribution in [1.82, 2.24) is 5.48 Å². The molecule has 1 heterocycles. The smallest absolute Gasteiger partial charge is 0.414 e. The van der Waals surface area contributed by atoms with E-state index in [1.165, 1.54) is 22.9 Å². The Morgan fingerprint density at radius 2 is 1.97 bits per heavy atom. The lowest BCUT2D eigenvalue weighted by Crippen LogP contribution is -2.51. The third kappa shape index (κ3) is 5.24. The number of hydrogen-bond acceptors (Lipinski definition) is 7. The first-order valence-electron chi connectivity index (χ1n) is 10.9. The Labute approximate surface area is 188 Å². The van der Waals surface area contributed by atoms with Crippen LogP contribution in [0.5, 0.6) is 0 Å². The molecule has 1 saturated carbocycles.